The minimum Gasteiger partial charge on any atom is -0.292 e. The number of fused-ring (bicyclic) bond motifs is 3. The van der Waals surface area contributed by atoms with Crippen molar-refractivity contribution in [3.8, 4) is 39.3 Å². The van der Waals surface area contributed by atoms with Gasteiger partial charge in [-0.15, -0.1) is 0 Å². The summed E-state index contributed by atoms with van der Waals surface area (Å²) < 4.78 is 2.26. The molecule has 0 amide bonds. The highest BCUT2D eigenvalue weighted by molar-refractivity contribution is 6.19. The van der Waals surface area contributed by atoms with Crippen LogP contribution in [-0.2, 0) is 0 Å². The van der Waals surface area contributed by atoms with E-state index < -0.39 is 0 Å². The highest BCUT2D eigenvalue weighted by Crippen LogP contribution is 2.44. The fourth-order valence-corrected chi connectivity index (χ4v) is 7.30. The Balaban J connectivity index is 1.23. The van der Waals surface area contributed by atoms with Crippen LogP contribution >= 0.6 is 0 Å². The molecular formula is C45H32N2. The fourth-order valence-electron chi connectivity index (χ4n) is 7.30. The van der Waals surface area contributed by atoms with Crippen molar-refractivity contribution in [3.63, 3.8) is 0 Å². The van der Waals surface area contributed by atoms with Gasteiger partial charge in [-0.2, -0.15) is 0 Å². The first-order valence-corrected chi connectivity index (χ1v) is 16.4. The Morgan fingerprint density at radius 1 is 0.489 bits per heavy atom. The Hall–Kier alpha value is -5.99. The Bertz CT molecular complexity index is 2480. The summed E-state index contributed by atoms with van der Waals surface area (Å²) in [4.78, 5) is 5.08. The molecule has 0 spiro atoms. The lowest BCUT2D eigenvalue weighted by atomic mass is 9.83. The third-order valence-electron chi connectivity index (χ3n) is 9.47. The van der Waals surface area contributed by atoms with E-state index in [1.54, 1.807) is 0 Å². The Morgan fingerprint density at radius 3 is 1.89 bits per heavy atom. The Labute approximate surface area is 274 Å². The van der Waals surface area contributed by atoms with Crippen molar-refractivity contribution in [3.05, 3.63) is 175 Å². The summed E-state index contributed by atoms with van der Waals surface area (Å²) >= 11 is 0. The van der Waals surface area contributed by atoms with Crippen LogP contribution < -0.4 is 0 Å². The molecule has 2 nitrogen and oxygen atoms in total. The summed E-state index contributed by atoms with van der Waals surface area (Å²) in [5, 5.41) is 5.21. The van der Waals surface area contributed by atoms with E-state index in [-0.39, 0.29) is 0 Å². The van der Waals surface area contributed by atoms with E-state index in [2.05, 4.69) is 174 Å². The van der Waals surface area contributed by atoms with Gasteiger partial charge in [-0.3, -0.25) is 4.57 Å². The second-order valence-electron chi connectivity index (χ2n) is 12.3. The topological polar surface area (TPSA) is 17.8 Å². The lowest BCUT2D eigenvalue weighted by Gasteiger charge is -2.20. The first-order chi connectivity index (χ1) is 23.3. The van der Waals surface area contributed by atoms with E-state index in [0.29, 0.717) is 0 Å². The van der Waals surface area contributed by atoms with Gasteiger partial charge in [0, 0.05) is 11.3 Å². The van der Waals surface area contributed by atoms with Crippen LogP contribution in [0.1, 0.15) is 18.4 Å². The van der Waals surface area contributed by atoms with E-state index in [1.165, 1.54) is 54.9 Å². The second-order valence-corrected chi connectivity index (χ2v) is 12.3. The van der Waals surface area contributed by atoms with E-state index in [9.17, 15) is 0 Å². The molecule has 0 radical (unpaired) electrons. The van der Waals surface area contributed by atoms with Gasteiger partial charge in [0.05, 0.1) is 11.0 Å². The minimum atomic E-state index is 0.944. The van der Waals surface area contributed by atoms with Crippen molar-refractivity contribution >= 4 is 38.2 Å². The number of aromatic nitrogens is 2. The molecule has 1 aliphatic carbocycles. The van der Waals surface area contributed by atoms with E-state index in [1.807, 2.05) is 0 Å². The van der Waals surface area contributed by atoms with Crippen LogP contribution in [-0.4, -0.2) is 9.55 Å². The van der Waals surface area contributed by atoms with Crippen molar-refractivity contribution < 1.29 is 0 Å². The molecule has 2 heteroatoms. The number of allylic oxidation sites excluding steroid dienone is 4. The number of imidazole rings is 1. The molecule has 0 saturated carbocycles. The standard InChI is InChI=1S/C45H32N2/c1-4-14-32(15-5-1)43-37-20-10-11-21-38(37)44(33-16-6-2-7-17-33)40-30-35(28-29-39(40)43)31-24-26-34(27-25-31)45-46-41-22-12-13-23-42(41)47(45)36-18-8-3-9-19-36/h1-4,6-14,16-30H,5,15H2. The van der Waals surface area contributed by atoms with Gasteiger partial charge in [0.25, 0.3) is 0 Å². The van der Waals surface area contributed by atoms with E-state index in [0.717, 1.165) is 41.0 Å². The maximum Gasteiger partial charge on any atom is 0.145 e. The van der Waals surface area contributed by atoms with Crippen molar-refractivity contribution in [1.29, 1.82) is 0 Å². The molecule has 0 N–H and O–H groups in total. The predicted octanol–water partition coefficient (Wildman–Crippen LogP) is 12.1. The van der Waals surface area contributed by atoms with Crippen molar-refractivity contribution in [2.24, 2.45) is 0 Å². The second kappa shape index (κ2) is 11.4. The van der Waals surface area contributed by atoms with Gasteiger partial charge in [0.15, 0.2) is 0 Å². The summed E-state index contributed by atoms with van der Waals surface area (Å²) in [5.41, 5.74) is 12.0. The molecule has 0 atom stereocenters. The maximum absolute atomic E-state index is 5.08. The lowest BCUT2D eigenvalue weighted by molar-refractivity contribution is 1.06. The molecule has 0 saturated heterocycles. The molecule has 9 rings (SSSR count). The van der Waals surface area contributed by atoms with E-state index >= 15 is 0 Å². The largest absolute Gasteiger partial charge is 0.292 e. The molecule has 1 aromatic heterocycles. The number of rotatable bonds is 5. The number of hydrogen-bond donors (Lipinski definition) is 0. The van der Waals surface area contributed by atoms with Gasteiger partial charge in [-0.25, -0.2) is 4.98 Å². The zero-order valence-electron chi connectivity index (χ0n) is 26.0. The third-order valence-corrected chi connectivity index (χ3v) is 9.47. The first kappa shape index (κ1) is 27.3. The van der Waals surface area contributed by atoms with Crippen LogP contribution in [0.25, 0.3) is 77.5 Å². The Kier molecular flexibility index (Phi) is 6.64. The van der Waals surface area contributed by atoms with Crippen LogP contribution in [0.15, 0.2) is 170 Å². The van der Waals surface area contributed by atoms with Crippen molar-refractivity contribution in [1.82, 2.24) is 9.55 Å². The van der Waals surface area contributed by atoms with Crippen molar-refractivity contribution in [2.45, 2.75) is 12.8 Å². The molecular weight excluding hydrogens is 569 g/mol. The van der Waals surface area contributed by atoms with Gasteiger partial charge in [-0.05, 0) is 98.1 Å². The minimum absolute atomic E-state index is 0.944. The molecule has 8 aromatic rings. The first-order valence-electron chi connectivity index (χ1n) is 16.4. The van der Waals surface area contributed by atoms with Gasteiger partial charge in [0.2, 0.25) is 0 Å². The lowest BCUT2D eigenvalue weighted by Crippen LogP contribution is -1.97. The molecule has 7 aromatic carbocycles. The smallest absolute Gasteiger partial charge is 0.145 e. The summed E-state index contributed by atoms with van der Waals surface area (Å²) in [6, 6.07) is 54.6. The van der Waals surface area contributed by atoms with Gasteiger partial charge in [0.1, 0.15) is 5.82 Å². The predicted molar refractivity (Wildman–Crippen MR) is 199 cm³/mol. The van der Waals surface area contributed by atoms with Gasteiger partial charge >= 0.3 is 0 Å². The summed E-state index contributed by atoms with van der Waals surface area (Å²) in [7, 11) is 0. The van der Waals surface area contributed by atoms with Crippen LogP contribution in [0.4, 0.5) is 0 Å². The molecule has 1 heterocycles. The quantitative estimate of drug-likeness (QED) is 0.180. The summed E-state index contributed by atoms with van der Waals surface area (Å²) in [6.07, 6.45) is 8.92. The van der Waals surface area contributed by atoms with Crippen LogP contribution in [0.2, 0.25) is 0 Å². The van der Waals surface area contributed by atoms with Crippen LogP contribution in [0.5, 0.6) is 0 Å². The number of nitrogens with zero attached hydrogens (tertiary/aromatic N) is 2. The monoisotopic (exact) mass is 600 g/mol. The molecule has 0 aliphatic heterocycles. The Morgan fingerprint density at radius 2 is 1.13 bits per heavy atom. The number of benzene rings is 7. The molecule has 0 fully saturated rings. The zero-order valence-corrected chi connectivity index (χ0v) is 26.0. The average Bonchev–Trinajstić information content (AvgIpc) is 3.54. The molecule has 222 valence electrons. The van der Waals surface area contributed by atoms with Gasteiger partial charge in [-0.1, -0.05) is 140 Å². The third kappa shape index (κ3) is 4.69. The molecule has 0 bridgehead atoms. The number of hydrogen-bond acceptors (Lipinski definition) is 1. The molecule has 47 heavy (non-hydrogen) atoms. The highest BCUT2D eigenvalue weighted by atomic mass is 15.1. The summed E-state index contributed by atoms with van der Waals surface area (Å²) in [5.74, 6) is 0.944. The molecule has 1 aliphatic rings. The highest BCUT2D eigenvalue weighted by Gasteiger charge is 2.19. The fraction of sp³-hybridized carbons (Fsp3) is 0.0444. The van der Waals surface area contributed by atoms with E-state index in [4.69, 9.17) is 4.98 Å². The van der Waals surface area contributed by atoms with Crippen molar-refractivity contribution in [2.75, 3.05) is 0 Å². The maximum atomic E-state index is 5.08. The summed E-state index contributed by atoms with van der Waals surface area (Å²) in [6.45, 7) is 0. The molecule has 0 unspecified atom stereocenters. The average molecular weight is 601 g/mol. The van der Waals surface area contributed by atoms with Gasteiger partial charge < -0.3 is 0 Å². The van der Waals surface area contributed by atoms with Crippen LogP contribution in [0, 0.1) is 0 Å². The zero-order chi connectivity index (χ0) is 31.2. The van der Waals surface area contributed by atoms with Crippen LogP contribution in [0.3, 0.4) is 0 Å². The normalized spacial score (nSPS) is 13.0. The number of para-hydroxylation sites is 3. The SMILES string of the molecule is C1=CCCC(c2c3ccccc3c(-c3ccccc3)c3cc(-c4ccc(-c5nc6ccccc6n5-c5ccccc5)cc4)ccc23)=C1.